The number of nitro groups is 1. The van der Waals surface area contributed by atoms with Crippen LogP contribution in [0.4, 0.5) is 5.69 Å². The lowest BCUT2D eigenvalue weighted by Crippen LogP contribution is -2.43. The number of rotatable bonds is 7. The summed E-state index contributed by atoms with van der Waals surface area (Å²) in [5.74, 6) is -0.394. The van der Waals surface area contributed by atoms with Crippen LogP contribution in [0.15, 0.2) is 54.6 Å². The summed E-state index contributed by atoms with van der Waals surface area (Å²) in [6.07, 6.45) is 0.837. The summed E-state index contributed by atoms with van der Waals surface area (Å²) in [4.78, 5) is 22.7. The highest BCUT2D eigenvalue weighted by Gasteiger charge is 2.20. The zero-order chi connectivity index (χ0) is 18.2. The van der Waals surface area contributed by atoms with E-state index >= 15 is 0 Å². The smallest absolute Gasteiger partial charge is 0.328 e. The molecule has 0 aromatic heterocycles. The van der Waals surface area contributed by atoms with E-state index in [4.69, 9.17) is 17.0 Å². The SMILES string of the molecule is COC(=O)[C@H](Cc1ccccc1)NC(=S)Cc1ccc([N+](=O)[O-])cc1. The van der Waals surface area contributed by atoms with E-state index in [1.807, 2.05) is 30.3 Å². The molecule has 0 saturated heterocycles. The molecule has 0 radical (unpaired) electrons. The van der Waals surface area contributed by atoms with Gasteiger partial charge in [-0.15, -0.1) is 0 Å². The van der Waals surface area contributed by atoms with Crippen molar-refractivity contribution in [3.8, 4) is 0 Å². The Kier molecular flexibility index (Phi) is 6.59. The minimum absolute atomic E-state index is 0.0270. The molecule has 0 aliphatic carbocycles. The third-order valence-corrected chi connectivity index (χ3v) is 3.88. The van der Waals surface area contributed by atoms with Crippen LogP contribution in [-0.4, -0.2) is 29.0 Å². The number of methoxy groups -OCH3 is 1. The van der Waals surface area contributed by atoms with Crippen LogP contribution in [0.2, 0.25) is 0 Å². The molecule has 0 fully saturated rings. The van der Waals surface area contributed by atoms with Crippen molar-refractivity contribution in [2.75, 3.05) is 7.11 Å². The quantitative estimate of drug-likeness (QED) is 0.355. The number of nitro benzene ring substituents is 1. The van der Waals surface area contributed by atoms with Crippen LogP contribution < -0.4 is 5.32 Å². The van der Waals surface area contributed by atoms with Crippen molar-refractivity contribution in [3.63, 3.8) is 0 Å². The molecule has 0 bridgehead atoms. The number of thiocarbonyl (C=S) groups is 1. The number of hydrogen-bond acceptors (Lipinski definition) is 5. The van der Waals surface area contributed by atoms with Crippen LogP contribution in [0.3, 0.4) is 0 Å². The molecule has 0 saturated carbocycles. The Balaban J connectivity index is 2.01. The number of non-ortho nitro benzene ring substituents is 1. The maximum absolute atomic E-state index is 12.0. The van der Waals surface area contributed by atoms with E-state index in [0.717, 1.165) is 11.1 Å². The van der Waals surface area contributed by atoms with Crippen molar-refractivity contribution in [2.24, 2.45) is 0 Å². The molecular weight excluding hydrogens is 340 g/mol. The highest BCUT2D eigenvalue weighted by Crippen LogP contribution is 2.13. The van der Waals surface area contributed by atoms with E-state index in [-0.39, 0.29) is 5.69 Å². The summed E-state index contributed by atoms with van der Waals surface area (Å²) in [6.45, 7) is 0. The molecule has 0 heterocycles. The van der Waals surface area contributed by atoms with Gasteiger partial charge in [-0.25, -0.2) is 4.79 Å². The Labute approximate surface area is 151 Å². The van der Waals surface area contributed by atoms with Gasteiger partial charge in [0.25, 0.3) is 5.69 Å². The molecule has 130 valence electrons. The third kappa shape index (κ3) is 5.65. The van der Waals surface area contributed by atoms with Gasteiger partial charge in [0.2, 0.25) is 0 Å². The van der Waals surface area contributed by atoms with Crippen LogP contribution in [-0.2, 0) is 22.4 Å². The van der Waals surface area contributed by atoms with Crippen molar-refractivity contribution in [1.29, 1.82) is 0 Å². The molecule has 25 heavy (non-hydrogen) atoms. The van der Waals surface area contributed by atoms with Gasteiger partial charge >= 0.3 is 5.97 Å². The Morgan fingerprint density at radius 3 is 2.36 bits per heavy atom. The Morgan fingerprint density at radius 2 is 1.80 bits per heavy atom. The highest BCUT2D eigenvalue weighted by molar-refractivity contribution is 7.80. The van der Waals surface area contributed by atoms with E-state index in [1.165, 1.54) is 19.2 Å². The molecule has 2 aromatic rings. The maximum atomic E-state index is 12.0. The summed E-state index contributed by atoms with van der Waals surface area (Å²) in [6, 6.07) is 15.1. The van der Waals surface area contributed by atoms with Crippen LogP contribution in [0, 0.1) is 10.1 Å². The number of benzene rings is 2. The van der Waals surface area contributed by atoms with Crippen molar-refractivity contribution in [3.05, 3.63) is 75.8 Å². The minimum Gasteiger partial charge on any atom is -0.467 e. The second-order valence-electron chi connectivity index (χ2n) is 5.43. The summed E-state index contributed by atoms with van der Waals surface area (Å²) < 4.78 is 4.84. The van der Waals surface area contributed by atoms with Gasteiger partial charge in [0.15, 0.2) is 0 Å². The molecule has 0 amide bonds. The number of carbonyl (C=O) groups is 1. The second-order valence-corrected chi connectivity index (χ2v) is 5.93. The molecule has 6 nitrogen and oxygen atoms in total. The number of nitrogens with one attached hydrogen (secondary N) is 1. The predicted octanol–water partition coefficient (Wildman–Crippen LogP) is 2.84. The first-order valence-corrected chi connectivity index (χ1v) is 8.05. The van der Waals surface area contributed by atoms with Crippen LogP contribution in [0.1, 0.15) is 11.1 Å². The fraction of sp³-hybridized carbons (Fsp3) is 0.222. The van der Waals surface area contributed by atoms with Crippen LogP contribution in [0.25, 0.3) is 0 Å². The van der Waals surface area contributed by atoms with Gasteiger partial charge in [-0.1, -0.05) is 54.7 Å². The van der Waals surface area contributed by atoms with E-state index in [0.29, 0.717) is 17.8 Å². The van der Waals surface area contributed by atoms with E-state index in [9.17, 15) is 14.9 Å². The lowest BCUT2D eigenvalue weighted by atomic mass is 10.1. The van der Waals surface area contributed by atoms with Gasteiger partial charge in [0.1, 0.15) is 6.04 Å². The third-order valence-electron chi connectivity index (χ3n) is 3.62. The molecule has 1 atom stereocenters. The first-order valence-electron chi connectivity index (χ1n) is 7.64. The summed E-state index contributed by atoms with van der Waals surface area (Å²) in [7, 11) is 1.33. The molecule has 7 heteroatoms. The molecular formula is C18H18N2O4S. The lowest BCUT2D eigenvalue weighted by molar-refractivity contribution is -0.384. The van der Waals surface area contributed by atoms with E-state index in [2.05, 4.69) is 5.32 Å². The average molecular weight is 358 g/mol. The van der Waals surface area contributed by atoms with Crippen molar-refractivity contribution < 1.29 is 14.5 Å². The first-order chi connectivity index (χ1) is 12.0. The predicted molar refractivity (Wildman–Crippen MR) is 98.5 cm³/mol. The average Bonchev–Trinajstić information content (AvgIpc) is 2.61. The Bertz CT molecular complexity index is 747. The fourth-order valence-corrected chi connectivity index (χ4v) is 2.66. The largest absolute Gasteiger partial charge is 0.467 e. The Hall–Kier alpha value is -2.80. The normalized spacial score (nSPS) is 11.4. The van der Waals surface area contributed by atoms with E-state index < -0.39 is 16.9 Å². The minimum atomic E-state index is -0.585. The summed E-state index contributed by atoms with van der Waals surface area (Å²) in [5.41, 5.74) is 1.84. The van der Waals surface area contributed by atoms with Gasteiger partial charge in [0, 0.05) is 25.0 Å². The zero-order valence-electron chi connectivity index (χ0n) is 13.7. The fourth-order valence-electron chi connectivity index (χ4n) is 2.35. The van der Waals surface area contributed by atoms with Crippen LogP contribution in [0.5, 0.6) is 0 Å². The molecule has 0 unspecified atom stereocenters. The monoisotopic (exact) mass is 358 g/mol. The van der Waals surface area contributed by atoms with Gasteiger partial charge in [-0.3, -0.25) is 10.1 Å². The molecule has 0 aliphatic rings. The molecule has 2 aromatic carbocycles. The van der Waals surface area contributed by atoms with Gasteiger partial charge < -0.3 is 10.1 Å². The number of nitrogens with zero attached hydrogens (tertiary/aromatic N) is 1. The standard InChI is InChI=1S/C18H18N2O4S/c1-24-18(21)16(11-13-5-3-2-4-6-13)19-17(25)12-14-7-9-15(10-8-14)20(22)23/h2-10,16H,11-12H2,1H3,(H,19,25)/t16-/m0/s1. The maximum Gasteiger partial charge on any atom is 0.328 e. The zero-order valence-corrected chi connectivity index (χ0v) is 14.5. The van der Waals surface area contributed by atoms with Crippen molar-refractivity contribution in [1.82, 2.24) is 5.32 Å². The Morgan fingerprint density at radius 1 is 1.16 bits per heavy atom. The summed E-state index contributed by atoms with van der Waals surface area (Å²) in [5, 5.41) is 13.7. The lowest BCUT2D eigenvalue weighted by Gasteiger charge is -2.18. The second kappa shape index (κ2) is 8.89. The van der Waals surface area contributed by atoms with Gasteiger partial charge in [-0.05, 0) is 11.1 Å². The number of carbonyl (C=O) groups excluding carboxylic acids is 1. The number of esters is 1. The van der Waals surface area contributed by atoms with Gasteiger partial charge in [-0.2, -0.15) is 0 Å². The van der Waals surface area contributed by atoms with Gasteiger partial charge in [0.05, 0.1) is 17.0 Å². The molecule has 0 spiro atoms. The molecule has 0 aliphatic heterocycles. The summed E-state index contributed by atoms with van der Waals surface area (Å²) >= 11 is 5.33. The van der Waals surface area contributed by atoms with Crippen LogP contribution >= 0.6 is 12.2 Å². The van der Waals surface area contributed by atoms with Crippen molar-refractivity contribution >= 4 is 28.9 Å². The highest BCUT2D eigenvalue weighted by atomic mass is 32.1. The first kappa shape index (κ1) is 18.5. The molecule has 1 N–H and O–H groups in total. The molecule has 2 rings (SSSR count). The topological polar surface area (TPSA) is 81.5 Å². The number of hydrogen-bond donors (Lipinski definition) is 1. The van der Waals surface area contributed by atoms with E-state index in [1.54, 1.807) is 12.1 Å². The number of ether oxygens (including phenoxy) is 1. The van der Waals surface area contributed by atoms with Crippen molar-refractivity contribution in [2.45, 2.75) is 18.9 Å².